The van der Waals surface area contributed by atoms with E-state index in [2.05, 4.69) is 0 Å². The van der Waals surface area contributed by atoms with Gasteiger partial charge in [-0.3, -0.25) is 4.79 Å². The average molecular weight is 172 g/mol. The van der Waals surface area contributed by atoms with Gasteiger partial charge in [0.2, 0.25) is 0 Å². The molecule has 0 saturated heterocycles. The topological polar surface area (TPSA) is 57.5 Å². The number of rotatable bonds is 1. The zero-order valence-corrected chi connectivity index (χ0v) is 6.59. The van der Waals surface area contributed by atoms with Crippen molar-refractivity contribution in [3.63, 3.8) is 0 Å². The Kier molecular flexibility index (Phi) is 3.00. The van der Waals surface area contributed by atoms with Gasteiger partial charge in [-0.05, 0) is 24.7 Å². The van der Waals surface area contributed by atoms with Crippen molar-refractivity contribution in [1.29, 1.82) is 0 Å². The van der Waals surface area contributed by atoms with Gasteiger partial charge >= 0.3 is 7.12 Å². The Hall–Kier alpha value is -0.675. The van der Waals surface area contributed by atoms with Gasteiger partial charge in [0.15, 0.2) is 11.6 Å². The lowest BCUT2D eigenvalue weighted by Crippen LogP contribution is -2.18. The molecule has 1 rings (SSSR count). The summed E-state index contributed by atoms with van der Waals surface area (Å²) in [6.45, 7) is 0. The standard InChI is InChI=1S/C7H10BFO3/c9-7-5(8(11)12)3-1-2-4-6(7)10/h11-12H,1-4H2. The maximum absolute atomic E-state index is 13.0. The SMILES string of the molecule is O=C1CCCCC(B(O)O)=C1F. The first kappa shape index (κ1) is 9.41. The minimum Gasteiger partial charge on any atom is -0.423 e. The minimum absolute atomic E-state index is 0.169. The van der Waals surface area contributed by atoms with Crippen molar-refractivity contribution in [3.05, 3.63) is 11.3 Å². The number of hydrogen-bond donors (Lipinski definition) is 2. The molecule has 0 aromatic carbocycles. The third-order valence-electron chi connectivity index (χ3n) is 1.94. The average Bonchev–Trinajstić information content (AvgIpc) is 2.15. The number of carbonyl (C=O) groups excluding carboxylic acids is 1. The molecule has 1 aliphatic carbocycles. The first-order valence-corrected chi connectivity index (χ1v) is 3.91. The molecule has 3 nitrogen and oxygen atoms in total. The molecule has 0 unspecified atom stereocenters. The molecule has 66 valence electrons. The normalized spacial score (nSPS) is 19.4. The van der Waals surface area contributed by atoms with Gasteiger partial charge in [0, 0.05) is 6.42 Å². The van der Waals surface area contributed by atoms with E-state index in [0.717, 1.165) is 0 Å². The molecular weight excluding hydrogens is 162 g/mol. The van der Waals surface area contributed by atoms with Gasteiger partial charge in [-0.15, -0.1) is 0 Å². The molecule has 0 saturated carbocycles. The van der Waals surface area contributed by atoms with Crippen LogP contribution in [0.2, 0.25) is 0 Å². The molecule has 0 heterocycles. The van der Waals surface area contributed by atoms with Crippen LogP contribution >= 0.6 is 0 Å². The Morgan fingerprint density at radius 1 is 1.25 bits per heavy atom. The van der Waals surface area contributed by atoms with Gasteiger partial charge in [0.25, 0.3) is 0 Å². The van der Waals surface area contributed by atoms with Crippen LogP contribution in [0, 0.1) is 0 Å². The summed E-state index contributed by atoms with van der Waals surface area (Å²) in [6.07, 6.45) is 1.67. The van der Waals surface area contributed by atoms with Crippen molar-refractivity contribution in [3.8, 4) is 0 Å². The van der Waals surface area contributed by atoms with E-state index in [1.807, 2.05) is 0 Å². The van der Waals surface area contributed by atoms with Crippen molar-refractivity contribution in [2.24, 2.45) is 0 Å². The van der Waals surface area contributed by atoms with Gasteiger partial charge in [0.1, 0.15) is 0 Å². The zero-order chi connectivity index (χ0) is 9.14. The summed E-state index contributed by atoms with van der Waals surface area (Å²) in [6, 6.07) is 0. The first-order chi connectivity index (χ1) is 5.63. The van der Waals surface area contributed by atoms with E-state index in [1.165, 1.54) is 0 Å². The Labute approximate surface area is 70.0 Å². The number of allylic oxidation sites excluding steroid dienone is 2. The molecule has 0 bridgehead atoms. The van der Waals surface area contributed by atoms with Gasteiger partial charge in [-0.2, -0.15) is 0 Å². The number of hydrogen-bond acceptors (Lipinski definition) is 3. The van der Waals surface area contributed by atoms with Crippen molar-refractivity contribution >= 4 is 12.9 Å². The summed E-state index contributed by atoms with van der Waals surface area (Å²) in [4.78, 5) is 10.9. The Morgan fingerprint density at radius 3 is 2.42 bits per heavy atom. The minimum atomic E-state index is -1.83. The zero-order valence-electron chi connectivity index (χ0n) is 6.59. The molecule has 0 aliphatic heterocycles. The third-order valence-corrected chi connectivity index (χ3v) is 1.94. The third kappa shape index (κ3) is 1.92. The molecule has 0 atom stereocenters. The fourth-order valence-corrected chi connectivity index (χ4v) is 1.24. The van der Waals surface area contributed by atoms with Crippen LogP contribution in [-0.4, -0.2) is 22.9 Å². The van der Waals surface area contributed by atoms with Crippen LogP contribution in [0.1, 0.15) is 25.7 Å². The molecule has 0 amide bonds. The summed E-state index contributed by atoms with van der Waals surface area (Å²) in [5.74, 6) is -1.57. The van der Waals surface area contributed by atoms with Crippen LogP contribution in [0.3, 0.4) is 0 Å². The fraction of sp³-hybridized carbons (Fsp3) is 0.571. The Balaban J connectivity index is 2.89. The second-order valence-corrected chi connectivity index (χ2v) is 2.84. The predicted molar refractivity (Wildman–Crippen MR) is 41.8 cm³/mol. The van der Waals surface area contributed by atoms with E-state index in [4.69, 9.17) is 10.0 Å². The highest BCUT2D eigenvalue weighted by Crippen LogP contribution is 2.22. The number of Topliss-reactive ketones (excluding diaryl/α,β-unsaturated/α-hetero) is 1. The molecule has 0 aromatic heterocycles. The highest BCUT2D eigenvalue weighted by molar-refractivity contribution is 6.51. The molecule has 0 aromatic rings. The quantitative estimate of drug-likeness (QED) is 0.561. The van der Waals surface area contributed by atoms with E-state index >= 15 is 0 Å². The van der Waals surface area contributed by atoms with Crippen LogP contribution in [-0.2, 0) is 4.79 Å². The van der Waals surface area contributed by atoms with Crippen molar-refractivity contribution in [2.45, 2.75) is 25.7 Å². The van der Waals surface area contributed by atoms with E-state index in [1.54, 1.807) is 0 Å². The first-order valence-electron chi connectivity index (χ1n) is 3.91. The van der Waals surface area contributed by atoms with Crippen LogP contribution in [0.5, 0.6) is 0 Å². The summed E-state index contributed by atoms with van der Waals surface area (Å²) in [7, 11) is -1.83. The molecule has 2 N–H and O–H groups in total. The van der Waals surface area contributed by atoms with Crippen LogP contribution in [0.4, 0.5) is 4.39 Å². The van der Waals surface area contributed by atoms with E-state index in [0.29, 0.717) is 12.8 Å². The monoisotopic (exact) mass is 172 g/mol. The van der Waals surface area contributed by atoms with E-state index < -0.39 is 18.7 Å². The van der Waals surface area contributed by atoms with Gasteiger partial charge < -0.3 is 10.0 Å². The second kappa shape index (κ2) is 3.82. The summed E-state index contributed by atoms with van der Waals surface area (Å²) < 4.78 is 13.0. The lowest BCUT2D eigenvalue weighted by molar-refractivity contribution is -0.116. The van der Waals surface area contributed by atoms with Gasteiger partial charge in [-0.1, -0.05) is 0 Å². The largest absolute Gasteiger partial charge is 0.487 e. The molecule has 0 spiro atoms. The summed E-state index contributed by atoms with van der Waals surface area (Å²) in [5.41, 5.74) is -0.169. The molecule has 1 aliphatic rings. The smallest absolute Gasteiger partial charge is 0.423 e. The number of halogens is 1. The van der Waals surface area contributed by atoms with E-state index in [9.17, 15) is 9.18 Å². The van der Waals surface area contributed by atoms with Crippen LogP contribution in [0.15, 0.2) is 11.3 Å². The highest BCUT2D eigenvalue weighted by atomic mass is 19.1. The van der Waals surface area contributed by atoms with Crippen LogP contribution < -0.4 is 0 Å². The van der Waals surface area contributed by atoms with Crippen molar-refractivity contribution in [2.75, 3.05) is 0 Å². The molecule has 0 radical (unpaired) electrons. The van der Waals surface area contributed by atoms with Gasteiger partial charge in [-0.25, -0.2) is 4.39 Å². The Bertz CT molecular complexity index is 225. The maximum atomic E-state index is 13.0. The number of ketones is 1. The van der Waals surface area contributed by atoms with E-state index in [-0.39, 0.29) is 18.3 Å². The fourth-order valence-electron chi connectivity index (χ4n) is 1.24. The van der Waals surface area contributed by atoms with Crippen LogP contribution in [0.25, 0.3) is 0 Å². The lowest BCUT2D eigenvalue weighted by Gasteiger charge is -2.02. The predicted octanol–water partition coefficient (Wildman–Crippen LogP) is 0.365. The lowest BCUT2D eigenvalue weighted by atomic mass is 9.76. The highest BCUT2D eigenvalue weighted by Gasteiger charge is 2.25. The molecular formula is C7H10BFO3. The molecule has 5 heteroatoms. The summed E-state index contributed by atoms with van der Waals surface area (Å²) in [5, 5.41) is 17.4. The molecule has 0 fully saturated rings. The number of carbonyl (C=O) groups is 1. The Morgan fingerprint density at radius 2 is 1.83 bits per heavy atom. The van der Waals surface area contributed by atoms with Crippen molar-refractivity contribution < 1.29 is 19.2 Å². The van der Waals surface area contributed by atoms with Gasteiger partial charge in [0.05, 0.1) is 0 Å². The molecule has 12 heavy (non-hydrogen) atoms. The second-order valence-electron chi connectivity index (χ2n) is 2.84. The maximum Gasteiger partial charge on any atom is 0.487 e. The van der Waals surface area contributed by atoms with Crippen molar-refractivity contribution in [1.82, 2.24) is 0 Å². The summed E-state index contributed by atoms with van der Waals surface area (Å²) >= 11 is 0.